The third-order valence-corrected chi connectivity index (χ3v) is 10.3. The van der Waals surface area contributed by atoms with Crippen molar-refractivity contribution in [2.75, 3.05) is 0 Å². The molecule has 0 saturated heterocycles. The van der Waals surface area contributed by atoms with Gasteiger partial charge in [0, 0.05) is 22.1 Å². The Morgan fingerprint density at radius 1 is 0.538 bits per heavy atom. The second-order valence-electron chi connectivity index (χ2n) is 13.2. The third kappa shape index (κ3) is 4.80. The van der Waals surface area contributed by atoms with Crippen molar-refractivity contribution < 1.29 is 8.83 Å². The van der Waals surface area contributed by atoms with Gasteiger partial charge in [0.2, 0.25) is 0 Å². The number of hydrogen-bond donors (Lipinski definition) is 0. The Kier molecular flexibility index (Phi) is 7.60. The summed E-state index contributed by atoms with van der Waals surface area (Å²) >= 11 is 0. The minimum atomic E-state index is 0.760. The zero-order valence-corrected chi connectivity index (χ0v) is 29.2. The lowest BCUT2D eigenvalue weighted by Gasteiger charge is -2.19. The van der Waals surface area contributed by atoms with Gasteiger partial charge in [-0.1, -0.05) is 153 Å². The van der Waals surface area contributed by atoms with Gasteiger partial charge in [0.25, 0.3) is 0 Å². The lowest BCUT2D eigenvalue weighted by atomic mass is 9.84. The summed E-state index contributed by atoms with van der Waals surface area (Å²) in [6, 6.07) is 44.1. The van der Waals surface area contributed by atoms with Crippen LogP contribution in [0.3, 0.4) is 0 Å². The molecule has 0 aliphatic heterocycles. The summed E-state index contributed by atoms with van der Waals surface area (Å²) in [6.45, 7) is 12.1. The summed E-state index contributed by atoms with van der Waals surface area (Å²) in [5.74, 6) is 1.60. The van der Waals surface area contributed by atoms with Crippen LogP contribution in [0.4, 0.5) is 0 Å². The van der Waals surface area contributed by atoms with E-state index >= 15 is 0 Å². The van der Waals surface area contributed by atoms with Crippen molar-refractivity contribution in [3.8, 4) is 33.4 Å². The molecule has 0 radical (unpaired) electrons. The normalized spacial score (nSPS) is 12.0. The molecule has 2 heteroatoms. The summed E-state index contributed by atoms with van der Waals surface area (Å²) in [6.07, 6.45) is 11.7. The van der Waals surface area contributed by atoms with E-state index in [2.05, 4.69) is 141 Å². The molecule has 248 valence electrons. The molecule has 0 aliphatic rings. The maximum atomic E-state index is 6.69. The molecule has 0 atom stereocenters. The zero-order chi connectivity index (χ0) is 35.3. The van der Waals surface area contributed by atoms with Gasteiger partial charge >= 0.3 is 0 Å². The van der Waals surface area contributed by atoms with E-state index < -0.39 is 0 Å². The molecule has 2 heterocycles. The Balaban J connectivity index is 1.35. The standard InChI is InChI=1S/C50H36O2/c1-5-8-22-36-31(4)51-50-44(36)30-43(49-48(50)35(7-3)45(52-49)17-6-2)33-20-15-21-34(29-33)46-39-24-11-13-26-41(39)47(42-27-14-12-25-40(42)46)38-28-16-19-32-18-9-10-23-37(32)38/h5-30H,1,3H2,2,4H3/b17-6-,22-8-. The molecule has 0 spiro atoms. The second-order valence-corrected chi connectivity index (χ2v) is 13.2. The van der Waals surface area contributed by atoms with Crippen molar-refractivity contribution in [3.63, 3.8) is 0 Å². The second kappa shape index (κ2) is 12.6. The van der Waals surface area contributed by atoms with Gasteiger partial charge in [0.15, 0.2) is 0 Å². The molecule has 2 nitrogen and oxygen atoms in total. The van der Waals surface area contributed by atoms with Gasteiger partial charge < -0.3 is 8.83 Å². The monoisotopic (exact) mass is 668 g/mol. The van der Waals surface area contributed by atoms with Gasteiger partial charge in [0.1, 0.15) is 22.7 Å². The molecule has 0 N–H and O–H groups in total. The average molecular weight is 669 g/mol. The highest BCUT2D eigenvalue weighted by Gasteiger charge is 2.24. The molecule has 0 fully saturated rings. The van der Waals surface area contributed by atoms with E-state index in [9.17, 15) is 0 Å². The zero-order valence-electron chi connectivity index (χ0n) is 29.2. The molecule has 2 aromatic heterocycles. The fraction of sp³-hybridized carbons (Fsp3) is 0.0400. The highest BCUT2D eigenvalue weighted by molar-refractivity contribution is 6.24. The number of benzene rings is 7. The van der Waals surface area contributed by atoms with E-state index in [0.717, 1.165) is 61.3 Å². The molecular weight excluding hydrogens is 633 g/mol. The van der Waals surface area contributed by atoms with Gasteiger partial charge in [0.05, 0.1) is 5.39 Å². The van der Waals surface area contributed by atoms with Crippen LogP contribution in [0.15, 0.2) is 162 Å². The van der Waals surface area contributed by atoms with E-state index in [0.29, 0.717) is 0 Å². The predicted octanol–water partition coefficient (Wildman–Crippen LogP) is 14.8. The molecule has 52 heavy (non-hydrogen) atoms. The summed E-state index contributed by atoms with van der Waals surface area (Å²) in [5, 5.41) is 9.32. The number of allylic oxidation sites excluding steroid dienone is 3. The number of rotatable bonds is 7. The van der Waals surface area contributed by atoms with Crippen LogP contribution in [0.2, 0.25) is 0 Å². The SMILES string of the molecule is C=C/C=C\c1c(C)oc2c1cc(-c1cccc(-c3c4ccccc4c(-c4cccc5ccccc45)c4ccccc34)c1)c1oc(/C=C\C)c(C=C)c12. The van der Waals surface area contributed by atoms with E-state index in [-0.39, 0.29) is 0 Å². The van der Waals surface area contributed by atoms with Crippen molar-refractivity contribution in [1.29, 1.82) is 0 Å². The lowest BCUT2D eigenvalue weighted by molar-refractivity contribution is 0.579. The summed E-state index contributed by atoms with van der Waals surface area (Å²) in [4.78, 5) is 0. The molecule has 7 aromatic carbocycles. The lowest BCUT2D eigenvalue weighted by Crippen LogP contribution is -1.92. The van der Waals surface area contributed by atoms with Crippen molar-refractivity contribution in [1.82, 2.24) is 0 Å². The van der Waals surface area contributed by atoms with Crippen LogP contribution in [-0.4, -0.2) is 0 Å². The summed E-state index contributed by atoms with van der Waals surface area (Å²) in [7, 11) is 0. The fourth-order valence-electron chi connectivity index (χ4n) is 8.07. The third-order valence-electron chi connectivity index (χ3n) is 10.3. The van der Waals surface area contributed by atoms with Crippen molar-refractivity contribution in [2.24, 2.45) is 0 Å². The van der Waals surface area contributed by atoms with Crippen molar-refractivity contribution in [3.05, 3.63) is 175 Å². The Hall–Kier alpha value is -6.64. The van der Waals surface area contributed by atoms with Crippen LogP contribution >= 0.6 is 0 Å². The van der Waals surface area contributed by atoms with E-state index in [1.54, 1.807) is 6.08 Å². The van der Waals surface area contributed by atoms with Crippen molar-refractivity contribution >= 4 is 72.5 Å². The Morgan fingerprint density at radius 2 is 1.17 bits per heavy atom. The maximum absolute atomic E-state index is 6.69. The van der Waals surface area contributed by atoms with Gasteiger partial charge in [-0.2, -0.15) is 0 Å². The molecule has 0 amide bonds. The van der Waals surface area contributed by atoms with Crippen LogP contribution in [0.1, 0.15) is 29.6 Å². The van der Waals surface area contributed by atoms with Crippen LogP contribution < -0.4 is 0 Å². The minimum absolute atomic E-state index is 0.760. The highest BCUT2D eigenvalue weighted by atomic mass is 16.3. The summed E-state index contributed by atoms with van der Waals surface area (Å²) < 4.78 is 13.2. The average Bonchev–Trinajstić information content (AvgIpc) is 3.71. The quantitative estimate of drug-likeness (QED) is 0.125. The first kappa shape index (κ1) is 31.3. The van der Waals surface area contributed by atoms with E-state index in [1.165, 1.54) is 49.0 Å². The first-order valence-corrected chi connectivity index (χ1v) is 17.7. The first-order valence-electron chi connectivity index (χ1n) is 17.7. The molecule has 9 rings (SSSR count). The number of aryl methyl sites for hydroxylation is 1. The number of fused-ring (bicyclic) bond motifs is 6. The van der Waals surface area contributed by atoms with Crippen LogP contribution in [-0.2, 0) is 0 Å². The Bertz CT molecular complexity index is 2900. The smallest absolute Gasteiger partial charge is 0.147 e. The van der Waals surface area contributed by atoms with Crippen LogP contribution in [0.25, 0.3) is 106 Å². The van der Waals surface area contributed by atoms with Gasteiger partial charge in [-0.3, -0.25) is 0 Å². The van der Waals surface area contributed by atoms with E-state index in [4.69, 9.17) is 8.83 Å². The first-order chi connectivity index (χ1) is 25.6. The molecule has 0 bridgehead atoms. The topological polar surface area (TPSA) is 26.3 Å². The predicted molar refractivity (Wildman–Crippen MR) is 224 cm³/mol. The fourth-order valence-corrected chi connectivity index (χ4v) is 8.07. The van der Waals surface area contributed by atoms with E-state index in [1.807, 2.05) is 38.2 Å². The Labute approximate surface area is 302 Å². The number of furan rings is 2. The minimum Gasteiger partial charge on any atom is -0.460 e. The maximum Gasteiger partial charge on any atom is 0.147 e. The largest absolute Gasteiger partial charge is 0.460 e. The van der Waals surface area contributed by atoms with Gasteiger partial charge in [-0.25, -0.2) is 0 Å². The molecule has 9 aromatic rings. The number of hydrogen-bond acceptors (Lipinski definition) is 2. The van der Waals surface area contributed by atoms with Crippen molar-refractivity contribution in [2.45, 2.75) is 13.8 Å². The van der Waals surface area contributed by atoms with Crippen LogP contribution in [0.5, 0.6) is 0 Å². The molecular formula is C50H36O2. The summed E-state index contributed by atoms with van der Waals surface area (Å²) in [5.41, 5.74) is 10.4. The molecule has 0 saturated carbocycles. The molecule has 0 unspecified atom stereocenters. The van der Waals surface area contributed by atoms with Gasteiger partial charge in [-0.15, -0.1) is 0 Å². The molecule has 0 aliphatic carbocycles. The highest BCUT2D eigenvalue weighted by Crippen LogP contribution is 2.47. The Morgan fingerprint density at radius 3 is 1.87 bits per heavy atom. The van der Waals surface area contributed by atoms with Gasteiger partial charge in [-0.05, 0) is 92.2 Å². The van der Waals surface area contributed by atoms with Crippen LogP contribution in [0, 0.1) is 6.92 Å².